The summed E-state index contributed by atoms with van der Waals surface area (Å²) in [5.41, 5.74) is 0.938. The van der Waals surface area contributed by atoms with Crippen LogP contribution in [0.2, 0.25) is 0 Å². The number of benzene rings is 1. The maximum Gasteiger partial charge on any atom is 0.181 e. The van der Waals surface area contributed by atoms with E-state index in [4.69, 9.17) is 5.11 Å². The Balaban J connectivity index is 3.03. The van der Waals surface area contributed by atoms with Gasteiger partial charge in [-0.2, -0.15) is 0 Å². The Morgan fingerprint density at radius 3 is 2.47 bits per heavy atom. The quantitative estimate of drug-likeness (QED) is 0.878. The van der Waals surface area contributed by atoms with Crippen LogP contribution in [0.15, 0.2) is 29.2 Å². The molecule has 3 nitrogen and oxygen atoms in total. The summed E-state index contributed by atoms with van der Waals surface area (Å²) in [6.07, 6.45) is 0.506. The van der Waals surface area contributed by atoms with E-state index in [1.165, 1.54) is 0 Å². The average molecular weight is 256 g/mol. The van der Waals surface area contributed by atoms with Gasteiger partial charge in [0.15, 0.2) is 9.84 Å². The van der Waals surface area contributed by atoms with E-state index in [2.05, 4.69) is 0 Å². The molecule has 0 saturated carbocycles. The van der Waals surface area contributed by atoms with Crippen LogP contribution in [0.3, 0.4) is 0 Å². The lowest BCUT2D eigenvalue weighted by Gasteiger charge is -2.19. The molecular weight excluding hydrogens is 236 g/mol. The van der Waals surface area contributed by atoms with Crippen molar-refractivity contribution in [2.75, 3.05) is 6.61 Å². The lowest BCUT2D eigenvalue weighted by atomic mass is 10.1. The van der Waals surface area contributed by atoms with E-state index in [9.17, 15) is 8.42 Å². The van der Waals surface area contributed by atoms with Gasteiger partial charge in [-0.1, -0.05) is 19.1 Å². The van der Waals surface area contributed by atoms with Crippen LogP contribution in [-0.4, -0.2) is 25.4 Å². The summed E-state index contributed by atoms with van der Waals surface area (Å²) in [5.74, 6) is -0.0505. The number of rotatable bonds is 5. The first-order valence-electron chi connectivity index (χ1n) is 5.81. The molecule has 1 aromatic carbocycles. The molecule has 0 radical (unpaired) electrons. The highest BCUT2D eigenvalue weighted by Gasteiger charge is 2.27. The van der Waals surface area contributed by atoms with Crippen molar-refractivity contribution in [2.45, 2.75) is 37.3 Å². The Morgan fingerprint density at radius 1 is 1.29 bits per heavy atom. The van der Waals surface area contributed by atoms with Crippen molar-refractivity contribution in [2.24, 2.45) is 5.92 Å². The van der Waals surface area contributed by atoms with Gasteiger partial charge in [0.1, 0.15) is 0 Å². The number of hydrogen-bond acceptors (Lipinski definition) is 3. The fourth-order valence-electron chi connectivity index (χ4n) is 1.75. The van der Waals surface area contributed by atoms with Gasteiger partial charge in [-0.15, -0.1) is 0 Å². The molecule has 0 aliphatic heterocycles. The molecule has 1 N–H and O–H groups in total. The third kappa shape index (κ3) is 3.30. The zero-order valence-electron chi connectivity index (χ0n) is 10.6. The van der Waals surface area contributed by atoms with Crippen LogP contribution < -0.4 is 0 Å². The largest absolute Gasteiger partial charge is 0.396 e. The number of hydrogen-bond donors (Lipinski definition) is 1. The third-order valence-corrected chi connectivity index (χ3v) is 5.55. The molecule has 0 heterocycles. The fourth-order valence-corrected chi connectivity index (χ4v) is 3.55. The van der Waals surface area contributed by atoms with Gasteiger partial charge < -0.3 is 5.11 Å². The van der Waals surface area contributed by atoms with E-state index < -0.39 is 15.1 Å². The van der Waals surface area contributed by atoms with Crippen molar-refractivity contribution < 1.29 is 13.5 Å². The molecule has 1 aromatic rings. The summed E-state index contributed by atoms with van der Waals surface area (Å²) >= 11 is 0. The normalized spacial score (nSPS) is 15.5. The lowest BCUT2D eigenvalue weighted by molar-refractivity contribution is 0.261. The highest BCUT2D eigenvalue weighted by Crippen LogP contribution is 2.23. The first-order valence-corrected chi connectivity index (χ1v) is 7.35. The third-order valence-electron chi connectivity index (χ3n) is 3.19. The van der Waals surface area contributed by atoms with Crippen LogP contribution in [0, 0.1) is 12.8 Å². The molecule has 0 spiro atoms. The van der Waals surface area contributed by atoms with Crippen LogP contribution in [0.25, 0.3) is 0 Å². The van der Waals surface area contributed by atoms with Crippen molar-refractivity contribution in [1.82, 2.24) is 0 Å². The number of aliphatic hydroxyl groups excluding tert-OH is 1. The summed E-state index contributed by atoms with van der Waals surface area (Å²) in [7, 11) is -3.29. The molecule has 0 amide bonds. The van der Waals surface area contributed by atoms with Gasteiger partial charge in [0.2, 0.25) is 0 Å². The molecule has 2 unspecified atom stereocenters. The topological polar surface area (TPSA) is 54.4 Å². The summed E-state index contributed by atoms with van der Waals surface area (Å²) in [6.45, 7) is 5.46. The standard InChI is InChI=1S/C13H20O3S/c1-10-5-4-6-13(9-10)17(15,16)12(3)11(2)7-8-14/h4-6,9,11-12,14H,7-8H2,1-3H3. The molecule has 17 heavy (non-hydrogen) atoms. The lowest BCUT2D eigenvalue weighted by Crippen LogP contribution is -2.26. The van der Waals surface area contributed by atoms with Crippen LogP contribution in [0.1, 0.15) is 25.8 Å². The van der Waals surface area contributed by atoms with Crippen LogP contribution in [0.5, 0.6) is 0 Å². The van der Waals surface area contributed by atoms with E-state index in [0.717, 1.165) is 5.56 Å². The molecule has 0 aliphatic carbocycles. The predicted molar refractivity (Wildman–Crippen MR) is 68.7 cm³/mol. The zero-order chi connectivity index (χ0) is 13.1. The van der Waals surface area contributed by atoms with E-state index in [1.54, 1.807) is 25.1 Å². The highest BCUT2D eigenvalue weighted by molar-refractivity contribution is 7.92. The average Bonchev–Trinajstić information content (AvgIpc) is 2.28. The van der Waals surface area contributed by atoms with E-state index in [-0.39, 0.29) is 12.5 Å². The minimum atomic E-state index is -3.29. The second kappa shape index (κ2) is 5.65. The second-order valence-corrected chi connectivity index (χ2v) is 6.86. The van der Waals surface area contributed by atoms with Crippen molar-refractivity contribution >= 4 is 9.84 Å². The summed E-state index contributed by atoms with van der Waals surface area (Å²) in [5, 5.41) is 8.40. The Morgan fingerprint density at radius 2 is 1.94 bits per heavy atom. The van der Waals surface area contributed by atoms with Gasteiger partial charge in [0.25, 0.3) is 0 Å². The summed E-state index contributed by atoms with van der Waals surface area (Å²) < 4.78 is 24.6. The van der Waals surface area contributed by atoms with Crippen LogP contribution in [0.4, 0.5) is 0 Å². The summed E-state index contributed by atoms with van der Waals surface area (Å²) in [4.78, 5) is 0.370. The predicted octanol–water partition coefficient (Wildman–Crippen LogP) is 2.18. The molecule has 0 aromatic heterocycles. The van der Waals surface area contributed by atoms with Crippen molar-refractivity contribution in [1.29, 1.82) is 0 Å². The highest BCUT2D eigenvalue weighted by atomic mass is 32.2. The molecule has 0 saturated heterocycles. The minimum Gasteiger partial charge on any atom is -0.396 e. The first-order chi connectivity index (χ1) is 7.89. The molecule has 0 aliphatic rings. The molecule has 0 fully saturated rings. The van der Waals surface area contributed by atoms with Gasteiger partial charge in [-0.05, 0) is 43.9 Å². The number of sulfone groups is 1. The van der Waals surface area contributed by atoms with Crippen molar-refractivity contribution in [3.8, 4) is 0 Å². The first kappa shape index (κ1) is 14.2. The molecule has 1 rings (SSSR count). The molecule has 0 bridgehead atoms. The fraction of sp³-hybridized carbons (Fsp3) is 0.538. The second-order valence-electron chi connectivity index (χ2n) is 4.56. The number of aliphatic hydroxyl groups is 1. The van der Waals surface area contributed by atoms with E-state index >= 15 is 0 Å². The Bertz CT molecular complexity index is 465. The molecular formula is C13H20O3S. The van der Waals surface area contributed by atoms with Crippen molar-refractivity contribution in [3.63, 3.8) is 0 Å². The molecule has 2 atom stereocenters. The number of aryl methyl sites for hydroxylation is 1. The van der Waals surface area contributed by atoms with E-state index in [1.807, 2.05) is 19.9 Å². The smallest absolute Gasteiger partial charge is 0.181 e. The Labute approximate surface area is 103 Å². The van der Waals surface area contributed by atoms with Crippen molar-refractivity contribution in [3.05, 3.63) is 29.8 Å². The maximum absolute atomic E-state index is 12.3. The van der Waals surface area contributed by atoms with Gasteiger partial charge in [-0.25, -0.2) is 8.42 Å². The van der Waals surface area contributed by atoms with Gasteiger partial charge in [0.05, 0.1) is 10.1 Å². The van der Waals surface area contributed by atoms with Gasteiger partial charge in [-0.3, -0.25) is 0 Å². The van der Waals surface area contributed by atoms with Gasteiger partial charge >= 0.3 is 0 Å². The Hall–Kier alpha value is -0.870. The Kier molecular flexibility index (Phi) is 4.71. The molecule has 96 valence electrons. The van der Waals surface area contributed by atoms with Gasteiger partial charge in [0, 0.05) is 6.61 Å². The van der Waals surface area contributed by atoms with Crippen LogP contribution >= 0.6 is 0 Å². The minimum absolute atomic E-state index is 0.0227. The SMILES string of the molecule is Cc1cccc(S(=O)(=O)C(C)C(C)CCO)c1. The monoisotopic (exact) mass is 256 g/mol. The van der Waals surface area contributed by atoms with Crippen LogP contribution in [-0.2, 0) is 9.84 Å². The van der Waals surface area contributed by atoms with E-state index in [0.29, 0.717) is 11.3 Å². The molecule has 4 heteroatoms. The summed E-state index contributed by atoms with van der Waals surface area (Å²) in [6, 6.07) is 6.95. The maximum atomic E-state index is 12.3. The zero-order valence-corrected chi connectivity index (χ0v) is 11.4.